The van der Waals surface area contributed by atoms with E-state index in [-0.39, 0.29) is 12.4 Å². The van der Waals surface area contributed by atoms with E-state index in [4.69, 9.17) is 0 Å². The molecule has 0 aliphatic rings. The first kappa shape index (κ1) is 13.5. The number of anilines is 2. The number of rotatable bonds is 4. The second-order valence-electron chi connectivity index (χ2n) is 4.13. The highest BCUT2D eigenvalue weighted by Gasteiger charge is 2.16. The normalized spacial score (nSPS) is 10.5. The van der Waals surface area contributed by atoms with Crippen LogP contribution in [0.1, 0.15) is 12.5 Å². The van der Waals surface area contributed by atoms with Crippen LogP contribution in [0.3, 0.4) is 0 Å². The summed E-state index contributed by atoms with van der Waals surface area (Å²) in [6, 6.07) is 10.4. The molecule has 0 heterocycles. The van der Waals surface area contributed by atoms with Gasteiger partial charge in [-0.1, -0.05) is 12.1 Å². The third kappa shape index (κ3) is 2.74. The molecular formula is C15H15F2NO. The van der Waals surface area contributed by atoms with Crippen LogP contribution in [0.4, 0.5) is 20.2 Å². The molecule has 0 fully saturated rings. The van der Waals surface area contributed by atoms with E-state index in [1.165, 1.54) is 18.2 Å². The fourth-order valence-corrected chi connectivity index (χ4v) is 2.08. The average Bonchev–Trinajstić information content (AvgIpc) is 2.43. The number of aliphatic hydroxyl groups excluding tert-OH is 1. The van der Waals surface area contributed by atoms with Crippen molar-refractivity contribution in [3.63, 3.8) is 0 Å². The highest BCUT2D eigenvalue weighted by atomic mass is 19.1. The van der Waals surface area contributed by atoms with Crippen molar-refractivity contribution in [2.45, 2.75) is 13.5 Å². The lowest BCUT2D eigenvalue weighted by atomic mass is 10.1. The third-order valence-electron chi connectivity index (χ3n) is 2.97. The van der Waals surface area contributed by atoms with Crippen molar-refractivity contribution in [3.8, 4) is 0 Å². The third-order valence-corrected chi connectivity index (χ3v) is 2.97. The first-order chi connectivity index (χ1) is 9.17. The van der Waals surface area contributed by atoms with E-state index in [0.717, 1.165) is 0 Å². The van der Waals surface area contributed by atoms with Crippen LogP contribution in [0.5, 0.6) is 0 Å². The first-order valence-corrected chi connectivity index (χ1v) is 6.08. The molecule has 2 rings (SSSR count). The molecule has 0 aliphatic heterocycles. The molecule has 0 spiro atoms. The van der Waals surface area contributed by atoms with Crippen LogP contribution < -0.4 is 4.90 Å². The Hall–Kier alpha value is -1.94. The molecule has 2 aromatic rings. The number of halogens is 2. The van der Waals surface area contributed by atoms with Gasteiger partial charge in [-0.15, -0.1) is 0 Å². The summed E-state index contributed by atoms with van der Waals surface area (Å²) >= 11 is 0. The van der Waals surface area contributed by atoms with E-state index >= 15 is 0 Å². The zero-order valence-electron chi connectivity index (χ0n) is 10.6. The van der Waals surface area contributed by atoms with Crippen molar-refractivity contribution in [1.29, 1.82) is 0 Å². The topological polar surface area (TPSA) is 23.5 Å². The number of hydrogen-bond donors (Lipinski definition) is 1. The largest absolute Gasteiger partial charge is 0.392 e. The summed E-state index contributed by atoms with van der Waals surface area (Å²) in [6.07, 6.45) is 0. The molecule has 0 aromatic heterocycles. The van der Waals surface area contributed by atoms with Gasteiger partial charge in [-0.2, -0.15) is 0 Å². The Kier molecular flexibility index (Phi) is 4.12. The second kappa shape index (κ2) is 5.80. The molecule has 1 N–H and O–H groups in total. The molecule has 4 heteroatoms. The predicted octanol–water partition coefficient (Wildman–Crippen LogP) is 3.62. The quantitative estimate of drug-likeness (QED) is 0.910. The Balaban J connectivity index is 2.50. The molecule has 19 heavy (non-hydrogen) atoms. The minimum absolute atomic E-state index is 0.245. The van der Waals surface area contributed by atoms with E-state index in [0.29, 0.717) is 23.5 Å². The second-order valence-corrected chi connectivity index (χ2v) is 4.13. The van der Waals surface area contributed by atoms with Gasteiger partial charge in [-0.05, 0) is 37.3 Å². The van der Waals surface area contributed by atoms with Gasteiger partial charge in [0.1, 0.15) is 11.6 Å². The summed E-state index contributed by atoms with van der Waals surface area (Å²) < 4.78 is 27.0. The maximum atomic E-state index is 14.0. The Bertz CT molecular complexity index is 555. The summed E-state index contributed by atoms with van der Waals surface area (Å²) in [7, 11) is 0. The minimum Gasteiger partial charge on any atom is -0.392 e. The number of hydrogen-bond acceptors (Lipinski definition) is 2. The zero-order valence-corrected chi connectivity index (χ0v) is 10.6. The monoisotopic (exact) mass is 263 g/mol. The van der Waals surface area contributed by atoms with Crippen LogP contribution >= 0.6 is 0 Å². The fourth-order valence-electron chi connectivity index (χ4n) is 2.08. The SMILES string of the molecule is CCN(c1ccc(F)cc1)c1c(F)cccc1CO. The Morgan fingerprint density at radius 3 is 2.32 bits per heavy atom. The smallest absolute Gasteiger partial charge is 0.147 e. The van der Waals surface area contributed by atoms with Crippen molar-refractivity contribution in [3.05, 3.63) is 59.7 Å². The van der Waals surface area contributed by atoms with Gasteiger partial charge in [-0.25, -0.2) is 8.78 Å². The Morgan fingerprint density at radius 2 is 1.74 bits per heavy atom. The van der Waals surface area contributed by atoms with Gasteiger partial charge in [0, 0.05) is 17.8 Å². The summed E-state index contributed by atoms with van der Waals surface area (Å²) in [5.74, 6) is -0.742. The molecule has 0 atom stereocenters. The van der Waals surface area contributed by atoms with Gasteiger partial charge in [0.25, 0.3) is 0 Å². The lowest BCUT2D eigenvalue weighted by Gasteiger charge is -2.26. The maximum absolute atomic E-state index is 14.0. The van der Waals surface area contributed by atoms with Crippen molar-refractivity contribution < 1.29 is 13.9 Å². The standard InChI is InChI=1S/C15H15F2NO/c1-2-18(13-8-6-12(16)7-9-13)15-11(10-19)4-3-5-14(15)17/h3-9,19H,2,10H2,1H3. The number of aliphatic hydroxyl groups is 1. The highest BCUT2D eigenvalue weighted by molar-refractivity contribution is 5.66. The minimum atomic E-state index is -0.405. The van der Waals surface area contributed by atoms with Crippen LogP contribution in [0, 0.1) is 11.6 Å². The zero-order chi connectivity index (χ0) is 13.8. The molecule has 0 saturated heterocycles. The van der Waals surface area contributed by atoms with E-state index in [1.54, 1.807) is 29.2 Å². The fraction of sp³-hybridized carbons (Fsp3) is 0.200. The van der Waals surface area contributed by atoms with Crippen LogP contribution in [-0.2, 0) is 6.61 Å². The lowest BCUT2D eigenvalue weighted by molar-refractivity contribution is 0.281. The van der Waals surface area contributed by atoms with E-state index in [2.05, 4.69) is 0 Å². The van der Waals surface area contributed by atoms with Crippen molar-refractivity contribution in [2.24, 2.45) is 0 Å². The molecule has 100 valence electrons. The first-order valence-electron chi connectivity index (χ1n) is 6.08. The van der Waals surface area contributed by atoms with Gasteiger partial charge in [0.2, 0.25) is 0 Å². The van der Waals surface area contributed by atoms with E-state index in [9.17, 15) is 13.9 Å². The Labute approximate surface area is 110 Å². The molecule has 0 saturated carbocycles. The van der Waals surface area contributed by atoms with Crippen LogP contribution in [-0.4, -0.2) is 11.7 Å². The molecule has 0 unspecified atom stereocenters. The summed E-state index contributed by atoms with van der Waals surface area (Å²) in [5.41, 5.74) is 1.52. The van der Waals surface area contributed by atoms with Crippen molar-refractivity contribution in [1.82, 2.24) is 0 Å². The highest BCUT2D eigenvalue weighted by Crippen LogP contribution is 2.31. The average molecular weight is 263 g/mol. The Morgan fingerprint density at radius 1 is 1.05 bits per heavy atom. The molecule has 2 nitrogen and oxygen atoms in total. The molecule has 0 aliphatic carbocycles. The molecule has 0 bridgehead atoms. The van der Waals surface area contributed by atoms with E-state index < -0.39 is 5.82 Å². The number of para-hydroxylation sites is 1. The predicted molar refractivity (Wildman–Crippen MR) is 71.4 cm³/mol. The van der Waals surface area contributed by atoms with Crippen LogP contribution in [0.25, 0.3) is 0 Å². The van der Waals surface area contributed by atoms with E-state index in [1.807, 2.05) is 6.92 Å². The number of nitrogens with zero attached hydrogens (tertiary/aromatic N) is 1. The van der Waals surface area contributed by atoms with Gasteiger partial charge in [0.05, 0.1) is 12.3 Å². The molecule has 0 amide bonds. The van der Waals surface area contributed by atoms with Gasteiger partial charge >= 0.3 is 0 Å². The summed E-state index contributed by atoms with van der Waals surface area (Å²) in [4.78, 5) is 1.71. The maximum Gasteiger partial charge on any atom is 0.147 e. The summed E-state index contributed by atoms with van der Waals surface area (Å²) in [5, 5.41) is 9.32. The van der Waals surface area contributed by atoms with Crippen LogP contribution in [0.2, 0.25) is 0 Å². The van der Waals surface area contributed by atoms with Gasteiger partial charge in [-0.3, -0.25) is 0 Å². The van der Waals surface area contributed by atoms with Gasteiger partial charge < -0.3 is 10.0 Å². The molecule has 0 radical (unpaired) electrons. The number of benzene rings is 2. The van der Waals surface area contributed by atoms with Crippen LogP contribution in [0.15, 0.2) is 42.5 Å². The lowest BCUT2D eigenvalue weighted by Crippen LogP contribution is -2.19. The van der Waals surface area contributed by atoms with Gasteiger partial charge in [0.15, 0.2) is 0 Å². The molecule has 2 aromatic carbocycles. The summed E-state index contributed by atoms with van der Waals surface area (Å²) in [6.45, 7) is 2.14. The molecular weight excluding hydrogens is 248 g/mol. The van der Waals surface area contributed by atoms with Crippen molar-refractivity contribution >= 4 is 11.4 Å². The van der Waals surface area contributed by atoms with Crippen molar-refractivity contribution in [2.75, 3.05) is 11.4 Å².